The number of allylic oxidation sites excluding steroid dienone is 2. The SMILES string of the molecule is CC(C)CCCC(C)C1CCC2C3CC=C4CC(SC(=O)OC5CCCCC5)CCC4(C)C3CCC12C. The Morgan fingerprint density at radius 2 is 1.76 bits per heavy atom. The number of thioether (sulfide) groups is 1. The van der Waals surface area contributed by atoms with Crippen molar-refractivity contribution in [2.75, 3.05) is 0 Å². The second-order valence-electron chi connectivity index (χ2n) is 14.9. The van der Waals surface area contributed by atoms with Gasteiger partial charge in [0.15, 0.2) is 0 Å². The van der Waals surface area contributed by atoms with Crippen LogP contribution in [0.15, 0.2) is 11.6 Å². The zero-order valence-corrected chi connectivity index (χ0v) is 25.6. The number of carbonyl (C=O) groups excluding carboxylic acids is 1. The molecule has 0 heterocycles. The van der Waals surface area contributed by atoms with Gasteiger partial charge in [0.2, 0.25) is 0 Å². The van der Waals surface area contributed by atoms with Crippen LogP contribution in [0.3, 0.4) is 0 Å². The molecule has 0 amide bonds. The quantitative estimate of drug-likeness (QED) is 0.243. The molecule has 5 aliphatic carbocycles. The molecular formula is C34H56O2S. The lowest BCUT2D eigenvalue weighted by Crippen LogP contribution is -2.50. The van der Waals surface area contributed by atoms with Gasteiger partial charge in [-0.3, -0.25) is 0 Å². The number of hydrogen-bond acceptors (Lipinski definition) is 3. The van der Waals surface area contributed by atoms with Crippen molar-refractivity contribution in [2.24, 2.45) is 46.3 Å². The van der Waals surface area contributed by atoms with E-state index in [-0.39, 0.29) is 11.4 Å². The smallest absolute Gasteiger partial charge is 0.367 e. The van der Waals surface area contributed by atoms with E-state index < -0.39 is 0 Å². The summed E-state index contributed by atoms with van der Waals surface area (Å²) < 4.78 is 5.87. The van der Waals surface area contributed by atoms with Crippen LogP contribution in [-0.4, -0.2) is 16.7 Å². The first-order valence-electron chi connectivity index (χ1n) is 16.3. The third kappa shape index (κ3) is 5.74. The molecule has 0 aromatic carbocycles. The van der Waals surface area contributed by atoms with Gasteiger partial charge in [0.05, 0.1) is 0 Å². The molecule has 0 saturated heterocycles. The fraction of sp³-hybridized carbons (Fsp3) is 0.912. The monoisotopic (exact) mass is 528 g/mol. The van der Waals surface area contributed by atoms with E-state index in [1.54, 1.807) is 5.57 Å². The second-order valence-corrected chi connectivity index (χ2v) is 16.1. The van der Waals surface area contributed by atoms with Gasteiger partial charge in [0, 0.05) is 5.25 Å². The molecule has 0 bridgehead atoms. The Labute approximate surface area is 232 Å². The van der Waals surface area contributed by atoms with Crippen LogP contribution in [0, 0.1) is 46.3 Å². The lowest BCUT2D eigenvalue weighted by atomic mass is 9.47. The third-order valence-electron chi connectivity index (χ3n) is 12.3. The van der Waals surface area contributed by atoms with Gasteiger partial charge < -0.3 is 4.74 Å². The number of ether oxygens (including phenoxy) is 1. The highest BCUT2D eigenvalue weighted by atomic mass is 32.2. The van der Waals surface area contributed by atoms with Gasteiger partial charge in [0.1, 0.15) is 6.10 Å². The van der Waals surface area contributed by atoms with E-state index in [1.165, 1.54) is 95.2 Å². The first kappa shape index (κ1) is 28.1. The molecule has 4 fully saturated rings. The van der Waals surface area contributed by atoms with E-state index in [1.807, 2.05) is 0 Å². The van der Waals surface area contributed by atoms with Crippen molar-refractivity contribution in [3.63, 3.8) is 0 Å². The highest BCUT2D eigenvalue weighted by molar-refractivity contribution is 8.13. The molecule has 8 atom stereocenters. The molecule has 0 aliphatic heterocycles. The van der Waals surface area contributed by atoms with Gasteiger partial charge in [-0.25, -0.2) is 4.79 Å². The predicted octanol–water partition coefficient (Wildman–Crippen LogP) is 10.6. The Hall–Kier alpha value is -0.440. The van der Waals surface area contributed by atoms with E-state index in [0.717, 1.165) is 54.8 Å². The lowest BCUT2D eigenvalue weighted by Gasteiger charge is -2.58. The largest absolute Gasteiger partial charge is 0.454 e. The fourth-order valence-electron chi connectivity index (χ4n) is 10.2. The normalized spacial score (nSPS) is 40.9. The number of fused-ring (bicyclic) bond motifs is 5. The van der Waals surface area contributed by atoms with Crippen LogP contribution in [0.5, 0.6) is 0 Å². The van der Waals surface area contributed by atoms with Crippen LogP contribution in [-0.2, 0) is 4.74 Å². The molecule has 4 saturated carbocycles. The Morgan fingerprint density at radius 1 is 0.973 bits per heavy atom. The van der Waals surface area contributed by atoms with Crippen molar-refractivity contribution in [2.45, 2.75) is 149 Å². The molecule has 0 spiro atoms. The van der Waals surface area contributed by atoms with E-state index in [2.05, 4.69) is 40.7 Å². The van der Waals surface area contributed by atoms with E-state index in [4.69, 9.17) is 4.74 Å². The Balaban J connectivity index is 1.20. The van der Waals surface area contributed by atoms with Gasteiger partial charge in [-0.1, -0.05) is 72.0 Å². The van der Waals surface area contributed by atoms with Crippen molar-refractivity contribution in [1.29, 1.82) is 0 Å². The van der Waals surface area contributed by atoms with E-state index >= 15 is 0 Å². The molecule has 37 heavy (non-hydrogen) atoms. The van der Waals surface area contributed by atoms with Crippen LogP contribution >= 0.6 is 11.8 Å². The summed E-state index contributed by atoms with van der Waals surface area (Å²) in [5, 5.41) is 0.422. The van der Waals surface area contributed by atoms with Crippen molar-refractivity contribution < 1.29 is 9.53 Å². The molecule has 0 aromatic rings. The minimum absolute atomic E-state index is 0.00253. The van der Waals surface area contributed by atoms with Crippen LogP contribution in [0.4, 0.5) is 4.79 Å². The second kappa shape index (κ2) is 11.6. The molecular weight excluding hydrogens is 472 g/mol. The van der Waals surface area contributed by atoms with Gasteiger partial charge in [-0.2, -0.15) is 0 Å². The maximum atomic E-state index is 12.7. The number of rotatable bonds is 7. The summed E-state index contributed by atoms with van der Waals surface area (Å²) >= 11 is 1.52. The fourth-order valence-corrected chi connectivity index (χ4v) is 11.2. The third-order valence-corrected chi connectivity index (χ3v) is 13.4. The van der Waals surface area contributed by atoms with Gasteiger partial charge in [0.25, 0.3) is 0 Å². The molecule has 2 nitrogen and oxygen atoms in total. The maximum Gasteiger partial charge on any atom is 0.367 e. The van der Waals surface area contributed by atoms with Crippen LogP contribution in [0.25, 0.3) is 0 Å². The molecule has 0 N–H and O–H groups in total. The average Bonchev–Trinajstić information content (AvgIpc) is 3.22. The number of hydrogen-bond donors (Lipinski definition) is 0. The minimum atomic E-state index is 0.00253. The highest BCUT2D eigenvalue weighted by Crippen LogP contribution is 2.67. The molecule has 5 rings (SSSR count). The van der Waals surface area contributed by atoms with Crippen molar-refractivity contribution >= 4 is 17.1 Å². The lowest BCUT2D eigenvalue weighted by molar-refractivity contribution is -0.0497. The van der Waals surface area contributed by atoms with E-state index in [0.29, 0.717) is 16.1 Å². The zero-order chi connectivity index (χ0) is 26.2. The van der Waals surface area contributed by atoms with Crippen molar-refractivity contribution in [3.05, 3.63) is 11.6 Å². The van der Waals surface area contributed by atoms with Gasteiger partial charge in [-0.15, -0.1) is 0 Å². The first-order valence-corrected chi connectivity index (χ1v) is 17.2. The van der Waals surface area contributed by atoms with Crippen LogP contribution < -0.4 is 0 Å². The first-order chi connectivity index (χ1) is 17.7. The summed E-state index contributed by atoms with van der Waals surface area (Å²) in [6.45, 7) is 12.7. The van der Waals surface area contributed by atoms with E-state index in [9.17, 15) is 4.79 Å². The summed E-state index contributed by atoms with van der Waals surface area (Å²) in [5.74, 6) is 5.34. The summed E-state index contributed by atoms with van der Waals surface area (Å²) in [5.41, 5.74) is 2.63. The standard InChI is InChI=1S/C34H56O2S/c1-23(2)10-9-11-24(3)29-16-17-30-28-15-14-25-22-27(37-32(35)36-26-12-7-6-8-13-26)18-20-33(25,4)31(28)19-21-34(29,30)5/h14,23-24,26-31H,6-13,15-22H2,1-5H3. The zero-order valence-electron chi connectivity index (χ0n) is 24.7. The van der Waals surface area contributed by atoms with Gasteiger partial charge in [-0.05, 0) is 135 Å². The van der Waals surface area contributed by atoms with Crippen LogP contribution in [0.1, 0.15) is 137 Å². The molecule has 0 aromatic heterocycles. The summed E-state index contributed by atoms with van der Waals surface area (Å²) in [6.07, 6.45) is 23.7. The summed E-state index contributed by atoms with van der Waals surface area (Å²) in [7, 11) is 0. The molecule has 3 heteroatoms. The topological polar surface area (TPSA) is 26.3 Å². The Kier molecular flexibility index (Phi) is 8.80. The Morgan fingerprint density at radius 3 is 2.51 bits per heavy atom. The van der Waals surface area contributed by atoms with Crippen LogP contribution in [0.2, 0.25) is 0 Å². The number of carbonyl (C=O) groups is 1. The van der Waals surface area contributed by atoms with Crippen molar-refractivity contribution in [3.8, 4) is 0 Å². The minimum Gasteiger partial charge on any atom is -0.454 e. The molecule has 210 valence electrons. The average molecular weight is 529 g/mol. The summed E-state index contributed by atoms with van der Waals surface area (Å²) in [6, 6.07) is 0. The summed E-state index contributed by atoms with van der Waals surface area (Å²) in [4.78, 5) is 12.7. The molecule has 0 radical (unpaired) electrons. The van der Waals surface area contributed by atoms with Gasteiger partial charge >= 0.3 is 5.30 Å². The molecule has 8 unspecified atom stereocenters. The maximum absolute atomic E-state index is 12.7. The highest BCUT2D eigenvalue weighted by Gasteiger charge is 2.59. The molecule has 5 aliphatic rings. The van der Waals surface area contributed by atoms with Crippen molar-refractivity contribution in [1.82, 2.24) is 0 Å². The Bertz CT molecular complexity index is 828. The predicted molar refractivity (Wildman–Crippen MR) is 158 cm³/mol.